The first kappa shape index (κ1) is 32.7. The molecule has 3 aliphatic rings. The summed E-state index contributed by atoms with van der Waals surface area (Å²) < 4.78 is 0. The molecule has 2 aliphatic heterocycles. The zero-order chi connectivity index (χ0) is 32.6. The molecule has 0 saturated carbocycles. The third-order valence-electron chi connectivity index (χ3n) is 9.54. The molecule has 1 spiro atoms. The second-order valence-corrected chi connectivity index (χ2v) is 15.3. The van der Waals surface area contributed by atoms with Crippen LogP contribution in [0.15, 0.2) is 66.3 Å². The molecule has 1 aromatic heterocycles. The van der Waals surface area contributed by atoms with Gasteiger partial charge in [-0.3, -0.25) is 4.79 Å². The van der Waals surface area contributed by atoms with Crippen molar-refractivity contribution in [3.8, 4) is 11.4 Å². The number of allylic oxidation sites excluding steroid dienone is 3. The van der Waals surface area contributed by atoms with Gasteiger partial charge in [0.15, 0.2) is 5.82 Å². The molecule has 1 unspecified atom stereocenters. The van der Waals surface area contributed by atoms with E-state index in [1.54, 1.807) is 0 Å². The van der Waals surface area contributed by atoms with Crippen LogP contribution in [-0.2, 0) is 16.8 Å². The molecule has 5 atom stereocenters. The first-order chi connectivity index (χ1) is 22.0. The van der Waals surface area contributed by atoms with Gasteiger partial charge in [-0.1, -0.05) is 74.9 Å². The van der Waals surface area contributed by atoms with Gasteiger partial charge in [-0.25, -0.2) is 5.10 Å². The summed E-state index contributed by atoms with van der Waals surface area (Å²) in [6, 6.07) is 14.1. The molecule has 6 rings (SSSR count). The fraction of sp³-hybridized carbons (Fsp3) is 0.486. The highest BCUT2D eigenvalue weighted by molar-refractivity contribution is 6.30. The summed E-state index contributed by atoms with van der Waals surface area (Å²) in [5.74, 6) is 0.480. The van der Waals surface area contributed by atoms with Crippen molar-refractivity contribution < 1.29 is 4.79 Å². The third kappa shape index (κ3) is 6.47. The molecule has 3 heterocycles. The minimum Gasteiger partial charge on any atom is -0.366 e. The smallest absolute Gasteiger partial charge is 0.237 e. The van der Waals surface area contributed by atoms with Gasteiger partial charge in [0.1, 0.15) is 0 Å². The number of likely N-dealkylation sites (N-methyl/N-ethyl adjacent to an activating group) is 1. The number of nitrogens with one attached hydrogen (secondary N) is 3. The SMILES string of the molecule is CN(C)CCNC(=O)[C@@H]1N[C@@H](CC(C)(C)C)[C@@]2(CN(Cc3ccc(-c4nnn[nH]4)cc3)c3ccc(Cl)cc32)[C@H]1C1=CC=CCC1Cl. The van der Waals surface area contributed by atoms with E-state index in [9.17, 15) is 4.79 Å². The van der Waals surface area contributed by atoms with Gasteiger partial charge in [-0.15, -0.1) is 16.7 Å². The molecule has 1 aliphatic carbocycles. The van der Waals surface area contributed by atoms with E-state index >= 15 is 0 Å². The van der Waals surface area contributed by atoms with Gasteiger partial charge in [0.05, 0.1) is 11.4 Å². The maximum absolute atomic E-state index is 14.2. The van der Waals surface area contributed by atoms with Gasteiger partial charge in [-0.05, 0) is 77.7 Å². The van der Waals surface area contributed by atoms with Crippen LogP contribution in [0, 0.1) is 11.3 Å². The van der Waals surface area contributed by atoms with Gasteiger partial charge in [0.25, 0.3) is 0 Å². The van der Waals surface area contributed by atoms with Crippen LogP contribution in [0.4, 0.5) is 5.69 Å². The number of tetrazole rings is 1. The van der Waals surface area contributed by atoms with E-state index in [4.69, 9.17) is 23.2 Å². The number of alkyl halides is 1. The number of H-pyrrole nitrogens is 1. The van der Waals surface area contributed by atoms with E-state index in [0.717, 1.165) is 48.3 Å². The molecule has 11 heteroatoms. The van der Waals surface area contributed by atoms with Crippen LogP contribution in [0.25, 0.3) is 11.4 Å². The summed E-state index contributed by atoms with van der Waals surface area (Å²) in [6.45, 7) is 9.57. The van der Waals surface area contributed by atoms with Crippen LogP contribution in [0.5, 0.6) is 0 Å². The number of halogens is 2. The van der Waals surface area contributed by atoms with Gasteiger partial charge in [0.2, 0.25) is 5.91 Å². The molecule has 3 N–H and O–H groups in total. The molecule has 9 nitrogen and oxygen atoms in total. The monoisotopic (exact) mass is 662 g/mol. The number of nitrogens with zero attached hydrogens (tertiary/aromatic N) is 5. The van der Waals surface area contributed by atoms with Gasteiger partial charge in [0, 0.05) is 59.8 Å². The van der Waals surface area contributed by atoms with Crippen LogP contribution < -0.4 is 15.5 Å². The number of aromatic nitrogens is 4. The molecule has 1 fully saturated rings. The van der Waals surface area contributed by atoms with Crippen LogP contribution in [0.1, 0.15) is 44.7 Å². The standard InChI is InChI=1S/C35H44Cl2N8O/c1-34(2,3)19-29-35(30(25-8-6-7-9-27(25)37)31(39-29)33(46)38-16-17-44(4)5)21-45(28-15-14-24(36)18-26(28)35)20-22-10-12-23(13-11-22)32-40-42-43-41-32/h6-8,10-15,18,27,29-31,39H,9,16-17,19-21H2,1-5H3,(H,38,46)(H,40,41,42,43)/t27?,29-,30-,31+,35-/m0/s1. The normalized spacial score (nSPS) is 25.7. The first-order valence-corrected chi connectivity index (χ1v) is 16.8. The fourth-order valence-corrected chi connectivity index (χ4v) is 8.08. The van der Waals surface area contributed by atoms with Crippen LogP contribution >= 0.6 is 23.2 Å². The Morgan fingerprint density at radius 2 is 1.96 bits per heavy atom. The number of rotatable bonds is 9. The summed E-state index contributed by atoms with van der Waals surface area (Å²) >= 11 is 14.0. The zero-order valence-electron chi connectivity index (χ0n) is 27.2. The molecular weight excluding hydrogens is 619 g/mol. The Morgan fingerprint density at radius 1 is 1.17 bits per heavy atom. The molecule has 0 bridgehead atoms. The number of fused-ring (bicyclic) bond motifs is 2. The lowest BCUT2D eigenvalue weighted by molar-refractivity contribution is -0.123. The van der Waals surface area contributed by atoms with Crippen LogP contribution in [0.3, 0.4) is 0 Å². The van der Waals surface area contributed by atoms with E-state index in [0.29, 0.717) is 23.9 Å². The first-order valence-electron chi connectivity index (χ1n) is 16.0. The molecule has 0 radical (unpaired) electrons. The predicted molar refractivity (Wildman–Crippen MR) is 185 cm³/mol. The minimum atomic E-state index is -0.452. The van der Waals surface area contributed by atoms with Crippen molar-refractivity contribution in [2.45, 2.75) is 63.0 Å². The molecule has 2 aromatic carbocycles. The number of carbonyl (C=O) groups excluding carboxylic acids is 1. The number of hydrogen-bond donors (Lipinski definition) is 3. The molecule has 46 heavy (non-hydrogen) atoms. The predicted octanol–water partition coefficient (Wildman–Crippen LogP) is 5.34. The Labute approximate surface area is 281 Å². The third-order valence-corrected chi connectivity index (χ3v) is 10.2. The van der Waals surface area contributed by atoms with E-state index in [2.05, 4.69) is 104 Å². The van der Waals surface area contributed by atoms with Crippen molar-refractivity contribution in [1.82, 2.24) is 36.2 Å². The number of benzene rings is 2. The number of anilines is 1. The largest absolute Gasteiger partial charge is 0.366 e. The highest BCUT2D eigenvalue weighted by Crippen LogP contribution is 2.57. The number of aromatic amines is 1. The summed E-state index contributed by atoms with van der Waals surface area (Å²) in [7, 11) is 4.03. The Balaban J connectivity index is 1.44. The van der Waals surface area contributed by atoms with Crippen molar-refractivity contribution in [2.75, 3.05) is 38.6 Å². The maximum atomic E-state index is 14.2. The van der Waals surface area contributed by atoms with Crippen molar-refractivity contribution in [3.05, 3.63) is 82.4 Å². The summed E-state index contributed by atoms with van der Waals surface area (Å²) in [4.78, 5) is 18.7. The lowest BCUT2D eigenvalue weighted by Gasteiger charge is -2.42. The average molecular weight is 664 g/mol. The number of carbonyl (C=O) groups is 1. The summed E-state index contributed by atoms with van der Waals surface area (Å²) in [6.07, 6.45) is 7.97. The van der Waals surface area contributed by atoms with Gasteiger partial charge >= 0.3 is 0 Å². The van der Waals surface area contributed by atoms with Crippen LogP contribution in [0.2, 0.25) is 5.02 Å². The lowest BCUT2D eigenvalue weighted by atomic mass is 9.62. The van der Waals surface area contributed by atoms with Crippen molar-refractivity contribution >= 4 is 34.8 Å². The Hall–Kier alpha value is -3.24. The second kappa shape index (κ2) is 13.1. The van der Waals surface area contributed by atoms with Gasteiger partial charge < -0.3 is 20.4 Å². The average Bonchev–Trinajstić information content (AvgIpc) is 3.71. The van der Waals surface area contributed by atoms with Crippen molar-refractivity contribution in [1.29, 1.82) is 0 Å². The second-order valence-electron chi connectivity index (χ2n) is 14.3. The summed E-state index contributed by atoms with van der Waals surface area (Å²) in [5, 5.41) is 21.9. The van der Waals surface area contributed by atoms with Gasteiger partial charge in [-0.2, -0.15) is 0 Å². The van der Waals surface area contributed by atoms with Crippen molar-refractivity contribution in [3.63, 3.8) is 0 Å². The van der Waals surface area contributed by atoms with E-state index in [-0.39, 0.29) is 28.7 Å². The highest BCUT2D eigenvalue weighted by atomic mass is 35.5. The zero-order valence-corrected chi connectivity index (χ0v) is 28.7. The molecular formula is C35H44Cl2N8O. The van der Waals surface area contributed by atoms with E-state index in [1.165, 1.54) is 5.56 Å². The fourth-order valence-electron chi connectivity index (χ4n) is 7.59. The molecule has 1 amide bonds. The van der Waals surface area contributed by atoms with Crippen LogP contribution in [-0.4, -0.2) is 82.6 Å². The topological polar surface area (TPSA) is 102 Å². The Morgan fingerprint density at radius 3 is 2.63 bits per heavy atom. The lowest BCUT2D eigenvalue weighted by Crippen LogP contribution is -2.50. The number of hydrogen-bond acceptors (Lipinski definition) is 7. The molecule has 1 saturated heterocycles. The minimum absolute atomic E-state index is 0.00122. The quantitative estimate of drug-likeness (QED) is 0.266. The highest BCUT2D eigenvalue weighted by Gasteiger charge is 2.63. The van der Waals surface area contributed by atoms with E-state index < -0.39 is 11.5 Å². The molecule has 3 aromatic rings. The Kier molecular flexibility index (Phi) is 9.31. The molecule has 244 valence electrons. The maximum Gasteiger partial charge on any atom is 0.237 e. The summed E-state index contributed by atoms with van der Waals surface area (Å²) in [5.41, 5.74) is 5.08. The number of amides is 1. The Bertz CT molecular complexity index is 1600. The van der Waals surface area contributed by atoms with E-state index in [1.807, 2.05) is 32.3 Å². The van der Waals surface area contributed by atoms with Crippen molar-refractivity contribution in [2.24, 2.45) is 11.3 Å².